The molecule has 1 fully saturated rings. The van der Waals surface area contributed by atoms with E-state index >= 15 is 0 Å². The lowest BCUT2D eigenvalue weighted by Gasteiger charge is -2.16. The fourth-order valence-electron chi connectivity index (χ4n) is 3.42. The van der Waals surface area contributed by atoms with Crippen LogP contribution >= 0.6 is 0 Å². The molecule has 0 saturated carbocycles. The molecular weight excluding hydrogens is 441 g/mol. The van der Waals surface area contributed by atoms with Crippen LogP contribution in [0.2, 0.25) is 0 Å². The Morgan fingerprint density at radius 1 is 1.18 bits per heavy atom. The van der Waals surface area contributed by atoms with Crippen molar-refractivity contribution >= 4 is 29.6 Å². The van der Waals surface area contributed by atoms with Crippen LogP contribution < -0.4 is 20.1 Å². The number of allylic oxidation sites excluding steroid dienone is 1. The number of hydrogen-bond acceptors (Lipinski definition) is 5. The third-order valence-electron chi connectivity index (χ3n) is 4.83. The van der Waals surface area contributed by atoms with Crippen molar-refractivity contribution in [2.24, 2.45) is 0 Å². The van der Waals surface area contributed by atoms with Crippen LogP contribution in [-0.2, 0) is 16.0 Å². The van der Waals surface area contributed by atoms with Gasteiger partial charge in [-0.25, -0.2) is 14.1 Å². The Balaban J connectivity index is 1.83. The van der Waals surface area contributed by atoms with Crippen molar-refractivity contribution in [3.63, 3.8) is 0 Å². The molecule has 2 N–H and O–H groups in total. The first-order valence-corrected chi connectivity index (χ1v) is 10.8. The lowest BCUT2D eigenvalue weighted by atomic mass is 10.0. The number of ether oxygens (including phenoxy) is 2. The molecule has 1 aliphatic rings. The summed E-state index contributed by atoms with van der Waals surface area (Å²) in [7, 11) is 0. The number of hydrogen-bond donors (Lipinski definition) is 2. The Hall–Kier alpha value is -4.14. The van der Waals surface area contributed by atoms with Crippen LogP contribution in [0.25, 0.3) is 6.08 Å². The van der Waals surface area contributed by atoms with Crippen LogP contribution in [0.15, 0.2) is 54.8 Å². The van der Waals surface area contributed by atoms with E-state index in [9.17, 15) is 18.8 Å². The minimum absolute atomic E-state index is 0.000136. The fourth-order valence-corrected chi connectivity index (χ4v) is 3.42. The van der Waals surface area contributed by atoms with Crippen LogP contribution in [0.5, 0.6) is 11.5 Å². The summed E-state index contributed by atoms with van der Waals surface area (Å²) >= 11 is 0. The number of anilines is 1. The first kappa shape index (κ1) is 24.5. The van der Waals surface area contributed by atoms with Crippen molar-refractivity contribution in [3.05, 3.63) is 71.7 Å². The lowest BCUT2D eigenvalue weighted by Crippen LogP contribution is -2.38. The van der Waals surface area contributed by atoms with Crippen molar-refractivity contribution < 1.29 is 28.2 Å². The summed E-state index contributed by atoms with van der Waals surface area (Å²) in [6.45, 7) is 7.78. The number of nitrogens with one attached hydrogen (secondary N) is 2. The van der Waals surface area contributed by atoms with Crippen LogP contribution in [0.4, 0.5) is 14.9 Å². The van der Waals surface area contributed by atoms with E-state index in [1.54, 1.807) is 18.2 Å². The number of carbonyl (C=O) groups excluding carboxylic acids is 3. The van der Waals surface area contributed by atoms with Crippen LogP contribution in [-0.4, -0.2) is 42.5 Å². The highest BCUT2D eigenvalue weighted by Gasteiger charge is 2.35. The predicted molar refractivity (Wildman–Crippen MR) is 126 cm³/mol. The number of para-hydroxylation sites is 1. The monoisotopic (exact) mass is 467 g/mol. The number of imide groups is 1. The van der Waals surface area contributed by atoms with Gasteiger partial charge < -0.3 is 20.1 Å². The summed E-state index contributed by atoms with van der Waals surface area (Å²) in [6.07, 6.45) is 3.73. The van der Waals surface area contributed by atoms with Crippen LogP contribution in [0.3, 0.4) is 0 Å². The smallest absolute Gasteiger partial charge is 0.329 e. The Kier molecular flexibility index (Phi) is 8.02. The van der Waals surface area contributed by atoms with E-state index in [1.165, 1.54) is 24.3 Å². The topological polar surface area (TPSA) is 97.0 Å². The summed E-state index contributed by atoms with van der Waals surface area (Å²) < 4.78 is 25.2. The normalized spacial score (nSPS) is 14.2. The molecule has 3 rings (SSSR count). The fraction of sp³-hybridized carbons (Fsp3) is 0.240. The average molecular weight is 467 g/mol. The van der Waals surface area contributed by atoms with Crippen molar-refractivity contribution in [1.29, 1.82) is 0 Å². The van der Waals surface area contributed by atoms with E-state index in [2.05, 4.69) is 17.2 Å². The highest BCUT2D eigenvalue weighted by atomic mass is 19.1. The van der Waals surface area contributed by atoms with E-state index in [1.807, 2.05) is 19.9 Å². The number of carbonyl (C=O) groups is 3. The van der Waals surface area contributed by atoms with Crippen molar-refractivity contribution in [1.82, 2.24) is 10.2 Å². The van der Waals surface area contributed by atoms with Crippen molar-refractivity contribution in [2.45, 2.75) is 20.3 Å². The number of benzene rings is 2. The third kappa shape index (κ3) is 5.61. The molecule has 0 aromatic heterocycles. The zero-order chi connectivity index (χ0) is 24.7. The maximum absolute atomic E-state index is 13.8. The molecule has 4 amide bonds. The van der Waals surface area contributed by atoms with Gasteiger partial charge >= 0.3 is 6.03 Å². The maximum atomic E-state index is 13.8. The molecule has 1 saturated heterocycles. The zero-order valence-electron chi connectivity index (χ0n) is 19.0. The summed E-state index contributed by atoms with van der Waals surface area (Å²) in [5.74, 6) is -0.897. The van der Waals surface area contributed by atoms with E-state index < -0.39 is 30.2 Å². The Morgan fingerprint density at radius 2 is 1.91 bits per heavy atom. The lowest BCUT2D eigenvalue weighted by molar-refractivity contribution is -0.127. The number of amides is 4. The molecule has 0 spiro atoms. The summed E-state index contributed by atoms with van der Waals surface area (Å²) in [5.41, 5.74) is 1.38. The molecule has 1 heterocycles. The molecular formula is C25H26FN3O5. The van der Waals surface area contributed by atoms with Gasteiger partial charge in [-0.05, 0) is 56.2 Å². The van der Waals surface area contributed by atoms with Gasteiger partial charge in [0.25, 0.3) is 5.91 Å². The van der Waals surface area contributed by atoms with Gasteiger partial charge in [0, 0.05) is 5.56 Å². The molecule has 178 valence electrons. The summed E-state index contributed by atoms with van der Waals surface area (Å²) in [4.78, 5) is 38.2. The molecule has 1 aliphatic heterocycles. The highest BCUT2D eigenvalue weighted by Crippen LogP contribution is 2.35. The van der Waals surface area contributed by atoms with Gasteiger partial charge in [0.05, 0.1) is 18.9 Å². The van der Waals surface area contributed by atoms with E-state index in [4.69, 9.17) is 9.47 Å². The second kappa shape index (κ2) is 11.1. The third-order valence-corrected chi connectivity index (χ3v) is 4.83. The zero-order valence-corrected chi connectivity index (χ0v) is 19.0. The van der Waals surface area contributed by atoms with Crippen molar-refractivity contribution in [3.8, 4) is 11.5 Å². The van der Waals surface area contributed by atoms with Gasteiger partial charge in [0.1, 0.15) is 18.1 Å². The summed E-state index contributed by atoms with van der Waals surface area (Å²) in [6, 6.07) is 8.39. The van der Waals surface area contributed by atoms with E-state index in [0.29, 0.717) is 36.7 Å². The number of nitrogens with zero attached hydrogens (tertiary/aromatic N) is 1. The maximum Gasteiger partial charge on any atom is 0.329 e. The van der Waals surface area contributed by atoms with Crippen LogP contribution in [0, 0.1) is 5.82 Å². The second-order valence-electron chi connectivity index (χ2n) is 7.27. The Bertz CT molecular complexity index is 1150. The van der Waals surface area contributed by atoms with Gasteiger partial charge in [-0.3, -0.25) is 9.59 Å². The van der Waals surface area contributed by atoms with E-state index in [-0.39, 0.29) is 11.4 Å². The SMILES string of the molecule is C=CCc1cc(/C=C2/NC(=O)N(CC(=O)Nc3ccccc3F)C2=O)cc(OCC)c1OCC. The molecule has 0 atom stereocenters. The number of urea groups is 1. The average Bonchev–Trinajstić information content (AvgIpc) is 3.05. The molecule has 0 radical (unpaired) electrons. The van der Waals surface area contributed by atoms with Gasteiger partial charge in [0.15, 0.2) is 11.5 Å². The van der Waals surface area contributed by atoms with Gasteiger partial charge in [-0.2, -0.15) is 0 Å². The first-order chi connectivity index (χ1) is 16.4. The van der Waals surface area contributed by atoms with Crippen LogP contribution in [0.1, 0.15) is 25.0 Å². The molecule has 8 nitrogen and oxygen atoms in total. The predicted octanol–water partition coefficient (Wildman–Crippen LogP) is 3.88. The Labute approximate surface area is 197 Å². The van der Waals surface area contributed by atoms with Gasteiger partial charge in [0.2, 0.25) is 5.91 Å². The molecule has 9 heteroatoms. The molecule has 2 aromatic rings. The van der Waals surface area contributed by atoms with E-state index in [0.717, 1.165) is 10.5 Å². The Morgan fingerprint density at radius 3 is 2.59 bits per heavy atom. The number of rotatable bonds is 10. The minimum Gasteiger partial charge on any atom is -0.490 e. The van der Waals surface area contributed by atoms with Gasteiger partial charge in [-0.1, -0.05) is 18.2 Å². The largest absolute Gasteiger partial charge is 0.490 e. The first-order valence-electron chi connectivity index (χ1n) is 10.8. The highest BCUT2D eigenvalue weighted by molar-refractivity contribution is 6.16. The summed E-state index contributed by atoms with van der Waals surface area (Å²) in [5, 5.41) is 4.83. The van der Waals surface area contributed by atoms with Gasteiger partial charge in [-0.15, -0.1) is 6.58 Å². The molecule has 0 aliphatic carbocycles. The quantitative estimate of drug-likeness (QED) is 0.314. The standard InChI is InChI=1S/C25H26FN3O5/c1-4-9-17-12-16(14-21(33-5-2)23(17)34-6-3)13-20-24(31)29(25(32)28-20)15-22(30)27-19-11-8-7-10-18(19)26/h4,7-8,10-14H,1,5-6,9,15H2,2-3H3,(H,27,30)(H,28,32)/b20-13+. The molecule has 34 heavy (non-hydrogen) atoms. The molecule has 0 unspecified atom stereocenters. The minimum atomic E-state index is -0.748. The number of halogens is 1. The van der Waals surface area contributed by atoms with Crippen molar-refractivity contribution in [2.75, 3.05) is 25.1 Å². The molecule has 0 bridgehead atoms. The second-order valence-corrected chi connectivity index (χ2v) is 7.27. The molecule has 2 aromatic carbocycles.